The molecule has 2 N–H and O–H groups in total. The van der Waals surface area contributed by atoms with Crippen LogP contribution in [0.2, 0.25) is 0 Å². The highest BCUT2D eigenvalue weighted by Crippen LogP contribution is 2.29. The second kappa shape index (κ2) is 10.3. The number of nitrogens with one attached hydrogen (secondary N) is 2. The quantitative estimate of drug-likeness (QED) is 0.419. The van der Waals surface area contributed by atoms with Gasteiger partial charge in [0.05, 0.1) is 41.3 Å². The van der Waals surface area contributed by atoms with Gasteiger partial charge in [-0.15, -0.1) is 0 Å². The van der Waals surface area contributed by atoms with Gasteiger partial charge in [-0.25, -0.2) is 27.8 Å². The maximum absolute atomic E-state index is 14.8. The van der Waals surface area contributed by atoms with Crippen LogP contribution in [-0.4, -0.2) is 45.2 Å². The van der Waals surface area contributed by atoms with Crippen LogP contribution in [0.25, 0.3) is 11.3 Å². The van der Waals surface area contributed by atoms with E-state index >= 15 is 0 Å². The number of anilines is 1. The van der Waals surface area contributed by atoms with E-state index in [0.717, 1.165) is 0 Å². The molecule has 0 saturated heterocycles. The molecule has 180 valence electrons. The molecule has 3 heterocycles. The summed E-state index contributed by atoms with van der Waals surface area (Å²) < 4.78 is 46.9. The number of rotatable bonds is 11. The van der Waals surface area contributed by atoms with Crippen molar-refractivity contribution in [3.63, 3.8) is 0 Å². The normalized spacial score (nSPS) is 14.6. The molecule has 0 amide bonds. The van der Waals surface area contributed by atoms with E-state index in [-0.39, 0.29) is 29.5 Å². The first-order valence-electron chi connectivity index (χ1n) is 11.1. The number of nitrogens with zero attached hydrogens (tertiary/aromatic N) is 5. The Bertz CT molecular complexity index is 1250. The minimum absolute atomic E-state index is 0.0358. The van der Waals surface area contributed by atoms with E-state index in [1.54, 1.807) is 6.07 Å². The van der Waals surface area contributed by atoms with Crippen molar-refractivity contribution in [1.29, 1.82) is 0 Å². The molecule has 3 aromatic rings. The first-order valence-corrected chi connectivity index (χ1v) is 12.6. The zero-order chi connectivity index (χ0) is 24.1. The Morgan fingerprint density at radius 2 is 2.00 bits per heavy atom. The van der Waals surface area contributed by atoms with Gasteiger partial charge in [0, 0.05) is 30.5 Å². The molecule has 0 spiro atoms. The number of halogens is 1. The van der Waals surface area contributed by atoms with Gasteiger partial charge >= 0.3 is 0 Å². The predicted octanol–water partition coefficient (Wildman–Crippen LogP) is 3.01. The minimum atomic E-state index is -3.46. The summed E-state index contributed by atoms with van der Waals surface area (Å²) in [5, 5.41) is 2.86. The van der Waals surface area contributed by atoms with Gasteiger partial charge in [0.2, 0.25) is 21.9 Å². The average Bonchev–Trinajstić information content (AvgIpc) is 3.67. The van der Waals surface area contributed by atoms with Crippen molar-refractivity contribution in [2.24, 2.45) is 0 Å². The number of ether oxygens (including phenoxy) is 1. The van der Waals surface area contributed by atoms with Crippen LogP contribution >= 0.6 is 0 Å². The summed E-state index contributed by atoms with van der Waals surface area (Å²) in [6.07, 6.45) is 8.00. The molecule has 0 aliphatic heterocycles. The summed E-state index contributed by atoms with van der Waals surface area (Å²) in [6, 6.07) is 2.81. The van der Waals surface area contributed by atoms with E-state index in [9.17, 15) is 12.8 Å². The first kappa shape index (κ1) is 23.9. The SMILES string of the molecule is CCOc1cncc(-c2cnc(CNC(CC)c3ccnc(NS(=O)(=O)C4CC4)n3)c(F)c2)n1. The highest BCUT2D eigenvalue weighted by molar-refractivity contribution is 7.93. The van der Waals surface area contributed by atoms with Crippen LogP contribution < -0.4 is 14.8 Å². The molecular formula is C22H26FN7O3S. The van der Waals surface area contributed by atoms with Crippen LogP contribution in [0.3, 0.4) is 0 Å². The Labute approximate surface area is 197 Å². The summed E-state index contributed by atoms with van der Waals surface area (Å²) >= 11 is 0. The van der Waals surface area contributed by atoms with Crippen LogP contribution in [0.15, 0.2) is 36.9 Å². The van der Waals surface area contributed by atoms with E-state index < -0.39 is 15.8 Å². The predicted molar refractivity (Wildman–Crippen MR) is 124 cm³/mol. The van der Waals surface area contributed by atoms with Crippen molar-refractivity contribution < 1.29 is 17.5 Å². The topological polar surface area (TPSA) is 132 Å². The maximum atomic E-state index is 14.8. The number of hydrogen-bond acceptors (Lipinski definition) is 9. The Kier molecular flexibility index (Phi) is 7.27. The third kappa shape index (κ3) is 5.81. The van der Waals surface area contributed by atoms with Crippen molar-refractivity contribution in [3.05, 3.63) is 54.1 Å². The smallest absolute Gasteiger partial charge is 0.237 e. The van der Waals surface area contributed by atoms with Gasteiger partial charge in [0.25, 0.3) is 0 Å². The molecule has 1 unspecified atom stereocenters. The summed E-state index contributed by atoms with van der Waals surface area (Å²) in [5.74, 6) is -0.0849. The molecule has 0 bridgehead atoms. The van der Waals surface area contributed by atoms with Crippen molar-refractivity contribution >= 4 is 16.0 Å². The van der Waals surface area contributed by atoms with Crippen LogP contribution in [0.5, 0.6) is 5.88 Å². The maximum Gasteiger partial charge on any atom is 0.237 e. The zero-order valence-electron chi connectivity index (χ0n) is 18.9. The molecule has 1 saturated carbocycles. The monoisotopic (exact) mass is 487 g/mol. The molecule has 4 rings (SSSR count). The van der Waals surface area contributed by atoms with Crippen LogP contribution in [0, 0.1) is 5.82 Å². The number of pyridine rings is 1. The fourth-order valence-corrected chi connectivity index (χ4v) is 4.60. The minimum Gasteiger partial charge on any atom is -0.477 e. The lowest BCUT2D eigenvalue weighted by molar-refractivity contribution is 0.325. The Hall–Kier alpha value is -3.25. The van der Waals surface area contributed by atoms with Gasteiger partial charge in [0.1, 0.15) is 5.82 Å². The van der Waals surface area contributed by atoms with Crippen LogP contribution in [0.4, 0.5) is 10.3 Å². The fraction of sp³-hybridized carbons (Fsp3) is 0.409. The van der Waals surface area contributed by atoms with E-state index in [1.165, 1.54) is 30.9 Å². The third-order valence-corrected chi connectivity index (χ3v) is 7.09. The number of sulfonamides is 1. The summed E-state index contributed by atoms with van der Waals surface area (Å²) in [4.78, 5) is 21.0. The summed E-state index contributed by atoms with van der Waals surface area (Å²) in [5.41, 5.74) is 1.79. The van der Waals surface area contributed by atoms with Gasteiger partial charge in [-0.3, -0.25) is 14.7 Å². The molecular weight excluding hydrogens is 461 g/mol. The van der Waals surface area contributed by atoms with Gasteiger partial charge in [-0.05, 0) is 38.3 Å². The van der Waals surface area contributed by atoms with Gasteiger partial charge in [-0.2, -0.15) is 0 Å². The summed E-state index contributed by atoms with van der Waals surface area (Å²) in [7, 11) is -3.46. The van der Waals surface area contributed by atoms with Crippen molar-refractivity contribution in [2.45, 2.75) is 50.9 Å². The van der Waals surface area contributed by atoms with E-state index in [0.29, 0.717) is 48.7 Å². The van der Waals surface area contributed by atoms with Crippen molar-refractivity contribution in [1.82, 2.24) is 30.2 Å². The van der Waals surface area contributed by atoms with E-state index in [4.69, 9.17) is 4.74 Å². The Balaban J connectivity index is 1.44. The second-order valence-corrected chi connectivity index (χ2v) is 9.78. The molecule has 34 heavy (non-hydrogen) atoms. The number of aromatic nitrogens is 5. The van der Waals surface area contributed by atoms with Crippen molar-refractivity contribution in [3.8, 4) is 17.1 Å². The third-order valence-electron chi connectivity index (χ3n) is 5.27. The largest absolute Gasteiger partial charge is 0.477 e. The number of hydrogen-bond donors (Lipinski definition) is 2. The second-order valence-electron chi connectivity index (χ2n) is 7.82. The molecule has 12 heteroatoms. The lowest BCUT2D eigenvalue weighted by Crippen LogP contribution is -2.24. The van der Waals surface area contributed by atoms with Gasteiger partial charge in [0.15, 0.2) is 0 Å². The first-order chi connectivity index (χ1) is 16.4. The zero-order valence-corrected chi connectivity index (χ0v) is 19.7. The standard InChI is InChI=1S/C22H26FN7O3S/c1-3-17(18-7-8-25-22(29-18)30-34(31,32)15-5-6-15)27-12-20-16(23)9-14(10-26-20)19-11-24-13-21(28-19)33-4-2/h7-11,13,15,17,27H,3-6,12H2,1-2H3,(H,25,29,30). The summed E-state index contributed by atoms with van der Waals surface area (Å²) in [6.45, 7) is 4.40. The highest BCUT2D eigenvalue weighted by atomic mass is 32.2. The van der Waals surface area contributed by atoms with Crippen molar-refractivity contribution in [2.75, 3.05) is 11.3 Å². The van der Waals surface area contributed by atoms with E-state index in [1.807, 2.05) is 13.8 Å². The molecule has 10 nitrogen and oxygen atoms in total. The molecule has 3 aromatic heterocycles. The molecule has 1 aliphatic carbocycles. The molecule has 0 aromatic carbocycles. The average molecular weight is 488 g/mol. The van der Waals surface area contributed by atoms with Gasteiger partial charge in [-0.1, -0.05) is 6.92 Å². The lowest BCUT2D eigenvalue weighted by Gasteiger charge is -2.17. The van der Waals surface area contributed by atoms with Gasteiger partial charge < -0.3 is 10.1 Å². The lowest BCUT2D eigenvalue weighted by atomic mass is 10.1. The molecule has 1 aliphatic rings. The van der Waals surface area contributed by atoms with Crippen LogP contribution in [-0.2, 0) is 16.6 Å². The van der Waals surface area contributed by atoms with E-state index in [2.05, 4.69) is 35.0 Å². The molecule has 1 atom stereocenters. The Morgan fingerprint density at radius 3 is 2.71 bits per heavy atom. The highest BCUT2D eigenvalue weighted by Gasteiger charge is 2.36. The molecule has 1 fully saturated rings. The van der Waals surface area contributed by atoms with Crippen LogP contribution in [0.1, 0.15) is 50.5 Å². The molecule has 0 radical (unpaired) electrons. The Morgan fingerprint density at radius 1 is 1.18 bits per heavy atom. The fourth-order valence-electron chi connectivity index (χ4n) is 3.32.